The molecular formula is C18H22BrClN2O. The number of rotatable bonds is 5. The monoisotopic (exact) mass is 396 g/mol. The second-order valence-corrected chi connectivity index (χ2v) is 6.56. The van der Waals surface area contributed by atoms with E-state index in [1.165, 1.54) is 11.1 Å². The Labute approximate surface area is 152 Å². The number of carbonyl (C=O) groups excluding carboxylic acids is 1. The lowest BCUT2D eigenvalue weighted by atomic mass is 9.92. The predicted octanol–water partition coefficient (Wildman–Crippen LogP) is 3.71. The maximum atomic E-state index is 12.4. The highest BCUT2D eigenvalue weighted by Gasteiger charge is 2.30. The second-order valence-electron chi connectivity index (χ2n) is 5.64. The van der Waals surface area contributed by atoms with E-state index in [0.717, 1.165) is 16.5 Å². The third kappa shape index (κ3) is 5.06. The Bertz CT molecular complexity index is 656. The average Bonchev–Trinajstić information content (AvgIpc) is 2.49. The Balaban J connectivity index is 0.00000264. The van der Waals surface area contributed by atoms with Gasteiger partial charge in [-0.05, 0) is 49.1 Å². The van der Waals surface area contributed by atoms with E-state index in [0.29, 0.717) is 6.54 Å². The minimum atomic E-state index is -1.04. The molecule has 2 rings (SSSR count). The van der Waals surface area contributed by atoms with Gasteiger partial charge in [-0.3, -0.25) is 4.79 Å². The van der Waals surface area contributed by atoms with Gasteiger partial charge in [-0.25, -0.2) is 0 Å². The van der Waals surface area contributed by atoms with Gasteiger partial charge in [0, 0.05) is 11.0 Å². The summed E-state index contributed by atoms with van der Waals surface area (Å²) in [5, 5.41) is 2.94. The van der Waals surface area contributed by atoms with Crippen LogP contribution in [-0.4, -0.2) is 12.5 Å². The van der Waals surface area contributed by atoms with E-state index in [9.17, 15) is 4.79 Å². The van der Waals surface area contributed by atoms with Gasteiger partial charge in [-0.15, -0.1) is 12.4 Å². The summed E-state index contributed by atoms with van der Waals surface area (Å²) in [6.07, 6.45) is 0.800. The molecule has 23 heavy (non-hydrogen) atoms. The maximum Gasteiger partial charge on any atom is 0.244 e. The number of carbonyl (C=O) groups is 1. The molecule has 0 aromatic heterocycles. The van der Waals surface area contributed by atoms with Crippen molar-refractivity contribution in [2.45, 2.75) is 25.8 Å². The molecule has 0 fully saturated rings. The molecule has 0 aliphatic carbocycles. The van der Waals surface area contributed by atoms with Gasteiger partial charge < -0.3 is 11.1 Å². The van der Waals surface area contributed by atoms with Crippen molar-refractivity contribution in [2.24, 2.45) is 5.73 Å². The number of nitrogens with one attached hydrogen (secondary N) is 1. The van der Waals surface area contributed by atoms with Crippen molar-refractivity contribution >= 4 is 34.2 Å². The van der Waals surface area contributed by atoms with Gasteiger partial charge in [-0.1, -0.05) is 52.3 Å². The first-order chi connectivity index (χ1) is 10.4. The van der Waals surface area contributed by atoms with Crippen LogP contribution >= 0.6 is 28.3 Å². The number of aryl methyl sites for hydroxylation is 1. The zero-order valence-electron chi connectivity index (χ0n) is 13.3. The first kappa shape index (κ1) is 19.7. The number of amides is 1. The minimum Gasteiger partial charge on any atom is -0.354 e. The third-order valence-electron chi connectivity index (χ3n) is 3.86. The summed E-state index contributed by atoms with van der Waals surface area (Å²) in [7, 11) is 0. The summed E-state index contributed by atoms with van der Waals surface area (Å²) < 4.78 is 0.965. The Kier molecular flexibility index (Phi) is 7.26. The van der Waals surface area contributed by atoms with Crippen molar-refractivity contribution in [2.75, 3.05) is 6.54 Å². The maximum absolute atomic E-state index is 12.4. The van der Waals surface area contributed by atoms with Crippen LogP contribution < -0.4 is 11.1 Å². The van der Waals surface area contributed by atoms with Gasteiger partial charge in [0.05, 0.1) is 0 Å². The number of benzene rings is 2. The van der Waals surface area contributed by atoms with Crippen molar-refractivity contribution in [3.8, 4) is 0 Å². The molecule has 124 valence electrons. The Morgan fingerprint density at radius 3 is 2.39 bits per heavy atom. The highest BCUT2D eigenvalue weighted by atomic mass is 79.9. The quantitative estimate of drug-likeness (QED) is 0.808. The molecule has 3 N–H and O–H groups in total. The zero-order chi connectivity index (χ0) is 16.2. The van der Waals surface area contributed by atoms with E-state index in [-0.39, 0.29) is 18.3 Å². The van der Waals surface area contributed by atoms with Crippen molar-refractivity contribution < 1.29 is 4.79 Å². The summed E-state index contributed by atoms with van der Waals surface area (Å²) in [4.78, 5) is 12.4. The molecule has 0 saturated heterocycles. The fraction of sp³-hybridized carbons (Fsp3) is 0.278. The molecule has 2 aromatic carbocycles. The summed E-state index contributed by atoms with van der Waals surface area (Å²) in [6.45, 7) is 4.39. The Hall–Kier alpha value is -1.36. The first-order valence-corrected chi connectivity index (χ1v) is 8.08. The van der Waals surface area contributed by atoms with E-state index in [2.05, 4.69) is 40.3 Å². The van der Waals surface area contributed by atoms with Crippen LogP contribution in [0.1, 0.15) is 23.6 Å². The number of halogens is 2. The lowest BCUT2D eigenvalue weighted by Crippen LogP contribution is -2.49. The number of hydrogen-bond acceptors (Lipinski definition) is 2. The molecule has 2 aromatic rings. The molecule has 3 nitrogen and oxygen atoms in total. The molecule has 1 unspecified atom stereocenters. The van der Waals surface area contributed by atoms with Crippen LogP contribution in [0.5, 0.6) is 0 Å². The molecule has 1 amide bonds. The lowest BCUT2D eigenvalue weighted by molar-refractivity contribution is -0.126. The predicted molar refractivity (Wildman–Crippen MR) is 101 cm³/mol. The van der Waals surface area contributed by atoms with Gasteiger partial charge in [0.1, 0.15) is 5.54 Å². The molecular weight excluding hydrogens is 376 g/mol. The van der Waals surface area contributed by atoms with Crippen LogP contribution in [0.3, 0.4) is 0 Å². The molecule has 0 saturated carbocycles. The minimum absolute atomic E-state index is 0. The van der Waals surface area contributed by atoms with Crippen LogP contribution in [0.4, 0.5) is 0 Å². The van der Waals surface area contributed by atoms with Crippen LogP contribution in [0.15, 0.2) is 53.0 Å². The largest absolute Gasteiger partial charge is 0.354 e. The van der Waals surface area contributed by atoms with Crippen LogP contribution in [-0.2, 0) is 16.8 Å². The van der Waals surface area contributed by atoms with Crippen molar-refractivity contribution in [1.82, 2.24) is 5.32 Å². The fourth-order valence-corrected chi connectivity index (χ4v) is 2.58. The van der Waals surface area contributed by atoms with Gasteiger partial charge in [0.2, 0.25) is 5.91 Å². The van der Waals surface area contributed by atoms with E-state index in [1.807, 2.05) is 36.4 Å². The summed E-state index contributed by atoms with van der Waals surface area (Å²) in [5.74, 6) is -0.164. The molecule has 0 aliphatic rings. The van der Waals surface area contributed by atoms with E-state index in [4.69, 9.17) is 5.73 Å². The molecule has 0 spiro atoms. The molecule has 0 radical (unpaired) electrons. The van der Waals surface area contributed by atoms with Gasteiger partial charge in [-0.2, -0.15) is 0 Å². The molecule has 0 bridgehead atoms. The highest BCUT2D eigenvalue weighted by molar-refractivity contribution is 9.10. The van der Waals surface area contributed by atoms with Crippen LogP contribution in [0.25, 0.3) is 0 Å². The van der Waals surface area contributed by atoms with Gasteiger partial charge >= 0.3 is 0 Å². The number of nitrogens with two attached hydrogens (primary N) is 1. The van der Waals surface area contributed by atoms with E-state index >= 15 is 0 Å². The van der Waals surface area contributed by atoms with Crippen molar-refractivity contribution in [1.29, 1.82) is 0 Å². The Morgan fingerprint density at radius 1 is 1.17 bits per heavy atom. The summed E-state index contributed by atoms with van der Waals surface area (Å²) >= 11 is 3.38. The van der Waals surface area contributed by atoms with E-state index in [1.54, 1.807) is 6.92 Å². The zero-order valence-corrected chi connectivity index (χ0v) is 15.7. The number of hydrogen-bond donors (Lipinski definition) is 2. The van der Waals surface area contributed by atoms with Gasteiger partial charge in [0.15, 0.2) is 0 Å². The normalized spacial score (nSPS) is 12.9. The molecule has 1 atom stereocenters. The lowest BCUT2D eigenvalue weighted by Gasteiger charge is -2.24. The fourth-order valence-electron chi connectivity index (χ4n) is 2.31. The highest BCUT2D eigenvalue weighted by Crippen LogP contribution is 2.20. The average molecular weight is 398 g/mol. The van der Waals surface area contributed by atoms with Crippen molar-refractivity contribution in [3.05, 3.63) is 69.7 Å². The summed E-state index contributed by atoms with van der Waals surface area (Å²) in [5.41, 5.74) is 8.45. The SMILES string of the molecule is Cc1ccccc1CCNC(=O)C(C)(N)c1ccc(Br)cc1.Cl. The van der Waals surface area contributed by atoms with Crippen molar-refractivity contribution in [3.63, 3.8) is 0 Å². The molecule has 0 aliphatic heterocycles. The topological polar surface area (TPSA) is 55.1 Å². The molecule has 5 heteroatoms. The Morgan fingerprint density at radius 2 is 1.78 bits per heavy atom. The van der Waals surface area contributed by atoms with Crippen LogP contribution in [0, 0.1) is 6.92 Å². The third-order valence-corrected chi connectivity index (χ3v) is 4.39. The van der Waals surface area contributed by atoms with Crippen LogP contribution in [0.2, 0.25) is 0 Å². The summed E-state index contributed by atoms with van der Waals surface area (Å²) in [6, 6.07) is 15.7. The van der Waals surface area contributed by atoms with Gasteiger partial charge in [0.25, 0.3) is 0 Å². The standard InChI is InChI=1S/C18H21BrN2O.ClH/c1-13-5-3-4-6-14(13)11-12-21-17(22)18(2,20)15-7-9-16(19)10-8-15;/h3-10H,11-12,20H2,1-2H3,(H,21,22);1H. The second kappa shape index (κ2) is 8.48. The molecule has 0 heterocycles. The van der Waals surface area contributed by atoms with E-state index < -0.39 is 5.54 Å². The first-order valence-electron chi connectivity index (χ1n) is 7.29. The smallest absolute Gasteiger partial charge is 0.244 e.